The number of nitrogens with two attached hydrogens (primary N) is 1. The van der Waals surface area contributed by atoms with Crippen LogP contribution in [-0.2, 0) is 6.54 Å². The molecule has 0 aliphatic rings. The molecule has 2 aromatic rings. The van der Waals surface area contributed by atoms with Gasteiger partial charge in [0.2, 0.25) is 0 Å². The summed E-state index contributed by atoms with van der Waals surface area (Å²) in [5.41, 5.74) is 9.97. The number of nitrogens with one attached hydrogen (secondary N) is 1. The van der Waals surface area contributed by atoms with Gasteiger partial charge in [0, 0.05) is 22.8 Å². The highest BCUT2D eigenvalue weighted by Crippen LogP contribution is 2.22. The number of hydrogen-bond donors (Lipinski definition) is 2. The normalized spacial score (nSPS) is 10.7. The number of rotatable bonds is 5. The smallest absolute Gasteiger partial charge is 0.106 e. The average molecular weight is 319 g/mol. The second-order valence-corrected chi connectivity index (χ2v) is 6.18. The zero-order valence-electron chi connectivity index (χ0n) is 12.2. The molecule has 0 aliphatic carbocycles. The van der Waals surface area contributed by atoms with Gasteiger partial charge in [0.05, 0.1) is 0 Å². The molecule has 0 spiro atoms. The van der Waals surface area contributed by atoms with Crippen LogP contribution in [0.2, 0.25) is 5.02 Å². The lowest BCUT2D eigenvalue weighted by atomic mass is 10.0. The highest BCUT2D eigenvalue weighted by Gasteiger charge is 2.06. The molecular weight excluding hydrogens is 300 g/mol. The molecule has 110 valence electrons. The third kappa shape index (κ3) is 4.19. The quantitative estimate of drug-likeness (QED) is 0.784. The van der Waals surface area contributed by atoms with Gasteiger partial charge in [0.15, 0.2) is 0 Å². The van der Waals surface area contributed by atoms with E-state index in [0.29, 0.717) is 15.9 Å². The molecule has 0 saturated carbocycles. The first kappa shape index (κ1) is 15.8. The summed E-state index contributed by atoms with van der Waals surface area (Å²) in [4.78, 5) is 0.343. The Hall–Kier alpha value is -1.58. The van der Waals surface area contributed by atoms with E-state index >= 15 is 0 Å². The van der Waals surface area contributed by atoms with E-state index in [2.05, 4.69) is 43.4 Å². The summed E-state index contributed by atoms with van der Waals surface area (Å²) in [6.07, 6.45) is 0. The molecule has 0 amide bonds. The SMILES string of the molecule is CC(C)c1ccc(CNc2ccc(Cl)cc2C(N)=S)cc1. The van der Waals surface area contributed by atoms with Crippen LogP contribution in [-0.4, -0.2) is 4.99 Å². The first-order valence-electron chi connectivity index (χ1n) is 6.89. The van der Waals surface area contributed by atoms with Crippen LogP contribution in [0.15, 0.2) is 42.5 Å². The monoisotopic (exact) mass is 318 g/mol. The molecule has 2 aromatic carbocycles. The topological polar surface area (TPSA) is 38.0 Å². The summed E-state index contributed by atoms with van der Waals surface area (Å²) in [6, 6.07) is 14.1. The van der Waals surface area contributed by atoms with Crippen LogP contribution in [0.5, 0.6) is 0 Å². The number of benzene rings is 2. The van der Waals surface area contributed by atoms with E-state index in [1.807, 2.05) is 12.1 Å². The van der Waals surface area contributed by atoms with E-state index in [1.54, 1.807) is 6.07 Å². The van der Waals surface area contributed by atoms with Gasteiger partial charge in [-0.1, -0.05) is 61.9 Å². The Bertz CT molecular complexity index is 636. The van der Waals surface area contributed by atoms with E-state index in [9.17, 15) is 0 Å². The molecule has 0 saturated heterocycles. The summed E-state index contributed by atoms with van der Waals surface area (Å²) in [5, 5.41) is 3.99. The van der Waals surface area contributed by atoms with Crippen molar-refractivity contribution in [3.63, 3.8) is 0 Å². The third-order valence-electron chi connectivity index (χ3n) is 3.38. The molecule has 0 bridgehead atoms. The number of halogens is 1. The molecule has 0 fully saturated rings. The van der Waals surface area contributed by atoms with Crippen LogP contribution in [0.25, 0.3) is 0 Å². The zero-order valence-corrected chi connectivity index (χ0v) is 13.8. The largest absolute Gasteiger partial charge is 0.389 e. The van der Waals surface area contributed by atoms with Crippen molar-refractivity contribution in [2.45, 2.75) is 26.3 Å². The Balaban J connectivity index is 2.11. The van der Waals surface area contributed by atoms with Crippen molar-refractivity contribution in [1.29, 1.82) is 0 Å². The lowest BCUT2D eigenvalue weighted by Crippen LogP contribution is -2.13. The standard InChI is InChI=1S/C17H19ClN2S/c1-11(2)13-5-3-12(4-6-13)10-20-16-8-7-14(18)9-15(16)17(19)21/h3-9,11,20H,10H2,1-2H3,(H2,19,21). The summed E-state index contributed by atoms with van der Waals surface area (Å²) in [6.45, 7) is 5.10. The summed E-state index contributed by atoms with van der Waals surface area (Å²) < 4.78 is 0. The highest BCUT2D eigenvalue weighted by atomic mass is 35.5. The fourth-order valence-electron chi connectivity index (χ4n) is 2.09. The maximum Gasteiger partial charge on any atom is 0.106 e. The van der Waals surface area contributed by atoms with Crippen molar-refractivity contribution in [2.24, 2.45) is 5.73 Å². The molecule has 0 atom stereocenters. The second kappa shape index (κ2) is 6.92. The van der Waals surface area contributed by atoms with Crippen LogP contribution in [0.4, 0.5) is 5.69 Å². The first-order chi connectivity index (χ1) is 9.97. The van der Waals surface area contributed by atoms with Crippen LogP contribution in [0, 0.1) is 0 Å². The molecule has 0 aromatic heterocycles. The van der Waals surface area contributed by atoms with E-state index in [4.69, 9.17) is 29.6 Å². The maximum atomic E-state index is 5.98. The molecule has 2 rings (SSSR count). The Morgan fingerprint density at radius 1 is 1.19 bits per heavy atom. The van der Waals surface area contributed by atoms with Crippen molar-refractivity contribution in [2.75, 3.05) is 5.32 Å². The summed E-state index contributed by atoms with van der Waals surface area (Å²) in [5.74, 6) is 0.546. The molecule has 0 radical (unpaired) electrons. The minimum Gasteiger partial charge on any atom is -0.389 e. The summed E-state index contributed by atoms with van der Waals surface area (Å²) >= 11 is 11.0. The first-order valence-corrected chi connectivity index (χ1v) is 7.68. The molecule has 3 N–H and O–H groups in total. The lowest BCUT2D eigenvalue weighted by molar-refractivity contribution is 0.865. The minimum atomic E-state index is 0.343. The highest BCUT2D eigenvalue weighted by molar-refractivity contribution is 7.80. The number of hydrogen-bond acceptors (Lipinski definition) is 2. The van der Waals surface area contributed by atoms with Crippen molar-refractivity contribution in [1.82, 2.24) is 0 Å². The van der Waals surface area contributed by atoms with Gasteiger partial charge < -0.3 is 11.1 Å². The van der Waals surface area contributed by atoms with Gasteiger partial charge in [0.25, 0.3) is 0 Å². The van der Waals surface area contributed by atoms with E-state index in [1.165, 1.54) is 11.1 Å². The molecule has 0 heterocycles. The van der Waals surface area contributed by atoms with E-state index in [0.717, 1.165) is 17.8 Å². The van der Waals surface area contributed by atoms with Gasteiger partial charge >= 0.3 is 0 Å². The Morgan fingerprint density at radius 2 is 1.86 bits per heavy atom. The second-order valence-electron chi connectivity index (χ2n) is 5.30. The van der Waals surface area contributed by atoms with Gasteiger partial charge in [-0.2, -0.15) is 0 Å². The van der Waals surface area contributed by atoms with Gasteiger partial charge in [-0.25, -0.2) is 0 Å². The predicted octanol–water partition coefficient (Wildman–Crippen LogP) is 4.71. The van der Waals surface area contributed by atoms with Crippen molar-refractivity contribution < 1.29 is 0 Å². The Kier molecular flexibility index (Phi) is 5.21. The van der Waals surface area contributed by atoms with Gasteiger partial charge in [0.1, 0.15) is 4.99 Å². The molecule has 0 unspecified atom stereocenters. The van der Waals surface area contributed by atoms with Gasteiger partial charge in [-0.3, -0.25) is 0 Å². The number of anilines is 1. The van der Waals surface area contributed by atoms with Crippen molar-refractivity contribution in [3.8, 4) is 0 Å². The predicted molar refractivity (Wildman–Crippen MR) is 95.2 cm³/mol. The zero-order chi connectivity index (χ0) is 15.4. The third-order valence-corrected chi connectivity index (χ3v) is 3.83. The van der Waals surface area contributed by atoms with E-state index < -0.39 is 0 Å². The van der Waals surface area contributed by atoms with Crippen molar-refractivity contribution >= 4 is 34.5 Å². The van der Waals surface area contributed by atoms with Crippen LogP contribution >= 0.6 is 23.8 Å². The van der Waals surface area contributed by atoms with Crippen molar-refractivity contribution in [3.05, 3.63) is 64.2 Å². The minimum absolute atomic E-state index is 0.343. The fourth-order valence-corrected chi connectivity index (χ4v) is 2.43. The van der Waals surface area contributed by atoms with Gasteiger partial charge in [-0.05, 0) is 35.2 Å². The molecule has 2 nitrogen and oxygen atoms in total. The molecule has 4 heteroatoms. The van der Waals surface area contributed by atoms with Crippen LogP contribution < -0.4 is 11.1 Å². The summed E-state index contributed by atoms with van der Waals surface area (Å²) in [7, 11) is 0. The Labute approximate surface area is 136 Å². The molecular formula is C17H19ClN2S. The number of thiocarbonyl (C=S) groups is 1. The lowest BCUT2D eigenvalue weighted by Gasteiger charge is -2.12. The molecule has 0 aliphatic heterocycles. The fraction of sp³-hybridized carbons (Fsp3) is 0.235. The van der Waals surface area contributed by atoms with E-state index in [-0.39, 0.29) is 0 Å². The van der Waals surface area contributed by atoms with Crippen LogP contribution in [0.3, 0.4) is 0 Å². The molecule has 21 heavy (non-hydrogen) atoms. The van der Waals surface area contributed by atoms with Gasteiger partial charge in [-0.15, -0.1) is 0 Å². The Morgan fingerprint density at radius 3 is 2.43 bits per heavy atom. The average Bonchev–Trinajstić information content (AvgIpc) is 2.46. The van der Waals surface area contributed by atoms with Crippen LogP contribution in [0.1, 0.15) is 36.5 Å². The maximum absolute atomic E-state index is 5.98.